The van der Waals surface area contributed by atoms with E-state index in [0.717, 1.165) is 24.4 Å². The Kier molecular flexibility index (Phi) is 3.35. The Morgan fingerprint density at radius 1 is 1.21 bits per heavy atom. The van der Waals surface area contributed by atoms with Gasteiger partial charge in [-0.15, -0.1) is 0 Å². The molecule has 2 aliphatic heterocycles. The molecule has 104 valence electrons. The molecule has 0 aliphatic carbocycles. The van der Waals surface area contributed by atoms with Crippen LogP contribution in [0.3, 0.4) is 0 Å². The lowest BCUT2D eigenvalue weighted by Gasteiger charge is -2.22. The summed E-state index contributed by atoms with van der Waals surface area (Å²) >= 11 is 0. The molecule has 0 spiro atoms. The monoisotopic (exact) mass is 265 g/mol. The van der Waals surface area contributed by atoms with Crippen LogP contribution in [-0.2, 0) is 9.47 Å². The number of phenolic OH excluding ortho intramolecular Hbond substituents is 1. The van der Waals surface area contributed by atoms with Crippen molar-refractivity contribution in [1.82, 2.24) is 4.90 Å². The third-order valence-corrected chi connectivity index (χ3v) is 4.04. The highest BCUT2D eigenvalue weighted by Crippen LogP contribution is 2.39. The van der Waals surface area contributed by atoms with Crippen molar-refractivity contribution in [2.75, 3.05) is 33.9 Å². The molecule has 0 aromatic heterocycles. The van der Waals surface area contributed by atoms with E-state index in [2.05, 4.69) is 4.90 Å². The fraction of sp³-hybridized carbons (Fsp3) is 0.571. The van der Waals surface area contributed by atoms with Crippen molar-refractivity contribution in [1.29, 1.82) is 0 Å². The summed E-state index contributed by atoms with van der Waals surface area (Å²) in [5.74, 6) is 1.02. The summed E-state index contributed by atoms with van der Waals surface area (Å²) in [7, 11) is 3.44. The van der Waals surface area contributed by atoms with E-state index in [1.54, 1.807) is 26.4 Å². The summed E-state index contributed by atoms with van der Waals surface area (Å²) in [5.41, 5.74) is 1.13. The summed E-state index contributed by atoms with van der Waals surface area (Å²) in [6, 6.07) is 5.53. The number of aromatic hydroxyl groups is 1. The second-order valence-electron chi connectivity index (χ2n) is 5.05. The van der Waals surface area contributed by atoms with Crippen molar-refractivity contribution in [2.24, 2.45) is 0 Å². The molecule has 19 heavy (non-hydrogen) atoms. The maximum Gasteiger partial charge on any atom is 0.127 e. The average Bonchev–Trinajstić information content (AvgIpc) is 3.00. The van der Waals surface area contributed by atoms with Crippen LogP contribution in [0, 0.1) is 0 Å². The maximum absolute atomic E-state index is 9.47. The SMILES string of the molecule is COC1CN(C2COc3cc(O)ccc32)CC1OC. The van der Waals surface area contributed by atoms with Crippen molar-refractivity contribution in [3.8, 4) is 11.5 Å². The summed E-state index contributed by atoms with van der Waals surface area (Å²) in [6.45, 7) is 2.29. The van der Waals surface area contributed by atoms with Crippen molar-refractivity contribution in [3.63, 3.8) is 0 Å². The topological polar surface area (TPSA) is 51.2 Å². The van der Waals surface area contributed by atoms with Gasteiger partial charge in [0.2, 0.25) is 0 Å². The second-order valence-corrected chi connectivity index (χ2v) is 5.05. The summed E-state index contributed by atoms with van der Waals surface area (Å²) < 4.78 is 16.6. The minimum absolute atomic E-state index is 0.103. The van der Waals surface area contributed by atoms with Gasteiger partial charge in [-0.25, -0.2) is 0 Å². The van der Waals surface area contributed by atoms with Crippen LogP contribution in [0.5, 0.6) is 11.5 Å². The van der Waals surface area contributed by atoms with E-state index in [1.807, 2.05) is 6.07 Å². The first kappa shape index (κ1) is 12.7. The summed E-state index contributed by atoms with van der Waals surface area (Å²) in [6.07, 6.45) is 0.206. The molecule has 5 heteroatoms. The van der Waals surface area contributed by atoms with Crippen molar-refractivity contribution < 1.29 is 19.3 Å². The minimum atomic E-state index is 0.103. The maximum atomic E-state index is 9.47. The molecule has 3 unspecified atom stereocenters. The van der Waals surface area contributed by atoms with E-state index in [4.69, 9.17) is 14.2 Å². The molecule has 1 N–H and O–H groups in total. The molecule has 5 nitrogen and oxygen atoms in total. The zero-order valence-electron chi connectivity index (χ0n) is 11.2. The molecule has 3 atom stereocenters. The van der Waals surface area contributed by atoms with Crippen LogP contribution in [0.1, 0.15) is 11.6 Å². The van der Waals surface area contributed by atoms with Crippen molar-refractivity contribution in [3.05, 3.63) is 23.8 Å². The number of phenols is 1. The molecule has 0 saturated carbocycles. The standard InChI is InChI=1S/C14H19NO4/c1-17-13-6-15(7-14(13)18-2)11-8-19-12-5-9(16)3-4-10(11)12/h3-5,11,13-14,16H,6-8H2,1-2H3. The Morgan fingerprint density at radius 2 is 1.89 bits per heavy atom. The van der Waals surface area contributed by atoms with Crippen molar-refractivity contribution >= 4 is 0 Å². The Bertz CT molecular complexity index is 453. The third-order valence-electron chi connectivity index (χ3n) is 4.04. The first-order valence-corrected chi connectivity index (χ1v) is 6.48. The summed E-state index contributed by atoms with van der Waals surface area (Å²) in [5, 5.41) is 9.47. The smallest absolute Gasteiger partial charge is 0.127 e. The van der Waals surface area contributed by atoms with E-state index in [-0.39, 0.29) is 24.0 Å². The number of methoxy groups -OCH3 is 2. The normalized spacial score (nSPS) is 30.3. The fourth-order valence-electron chi connectivity index (χ4n) is 2.96. The Hall–Kier alpha value is -1.30. The van der Waals surface area contributed by atoms with E-state index in [0.29, 0.717) is 6.61 Å². The predicted molar refractivity (Wildman–Crippen MR) is 69.5 cm³/mol. The molecule has 1 aromatic carbocycles. The van der Waals surface area contributed by atoms with Crippen molar-refractivity contribution in [2.45, 2.75) is 18.2 Å². The first-order chi connectivity index (χ1) is 9.22. The molecule has 1 fully saturated rings. The number of benzene rings is 1. The number of ether oxygens (including phenoxy) is 3. The van der Waals surface area contributed by atoms with E-state index in [1.165, 1.54) is 0 Å². The molecule has 1 saturated heterocycles. The molecule has 0 bridgehead atoms. The van der Waals surface area contributed by atoms with Crippen LogP contribution < -0.4 is 4.74 Å². The number of fused-ring (bicyclic) bond motifs is 1. The largest absolute Gasteiger partial charge is 0.508 e. The van der Waals surface area contributed by atoms with Gasteiger partial charge in [0.1, 0.15) is 18.1 Å². The van der Waals surface area contributed by atoms with Crippen LogP contribution in [0.4, 0.5) is 0 Å². The van der Waals surface area contributed by atoms with Gasteiger partial charge in [-0.3, -0.25) is 4.90 Å². The fourth-order valence-corrected chi connectivity index (χ4v) is 2.96. The van der Waals surface area contributed by atoms with Crippen LogP contribution in [0.2, 0.25) is 0 Å². The van der Waals surface area contributed by atoms with Gasteiger partial charge >= 0.3 is 0 Å². The van der Waals surface area contributed by atoms with Crippen LogP contribution in [0.15, 0.2) is 18.2 Å². The van der Waals surface area contributed by atoms with Crippen LogP contribution in [-0.4, -0.2) is 56.1 Å². The lowest BCUT2D eigenvalue weighted by atomic mass is 10.1. The number of likely N-dealkylation sites (tertiary alicyclic amines) is 1. The first-order valence-electron chi connectivity index (χ1n) is 6.48. The molecular formula is C14H19NO4. The molecule has 1 aromatic rings. The van der Waals surface area contributed by atoms with Gasteiger partial charge < -0.3 is 19.3 Å². The average molecular weight is 265 g/mol. The molecular weight excluding hydrogens is 246 g/mol. The van der Waals surface area contributed by atoms with Gasteiger partial charge in [-0.1, -0.05) is 0 Å². The Balaban J connectivity index is 1.79. The Labute approximate surface area is 112 Å². The highest BCUT2D eigenvalue weighted by Gasteiger charge is 2.39. The molecule has 0 radical (unpaired) electrons. The van der Waals surface area contributed by atoms with Gasteiger partial charge in [-0.05, 0) is 12.1 Å². The van der Waals surface area contributed by atoms with Gasteiger partial charge in [-0.2, -0.15) is 0 Å². The lowest BCUT2D eigenvalue weighted by molar-refractivity contribution is -0.00461. The molecule has 0 amide bonds. The summed E-state index contributed by atoms with van der Waals surface area (Å²) in [4.78, 5) is 2.32. The van der Waals surface area contributed by atoms with Gasteiger partial charge in [0.25, 0.3) is 0 Å². The minimum Gasteiger partial charge on any atom is -0.508 e. The van der Waals surface area contributed by atoms with Crippen LogP contribution in [0.25, 0.3) is 0 Å². The predicted octanol–water partition coefficient (Wildman–Crippen LogP) is 1.17. The quantitative estimate of drug-likeness (QED) is 0.889. The van der Waals surface area contributed by atoms with Gasteiger partial charge in [0.05, 0.1) is 18.2 Å². The van der Waals surface area contributed by atoms with Crippen LogP contribution >= 0.6 is 0 Å². The highest BCUT2D eigenvalue weighted by atomic mass is 16.5. The van der Waals surface area contributed by atoms with E-state index < -0.39 is 0 Å². The third kappa shape index (κ3) is 2.18. The number of nitrogens with zero attached hydrogens (tertiary/aromatic N) is 1. The number of hydrogen-bond donors (Lipinski definition) is 1. The highest BCUT2D eigenvalue weighted by molar-refractivity contribution is 5.44. The van der Waals surface area contributed by atoms with E-state index in [9.17, 15) is 5.11 Å². The molecule has 2 heterocycles. The molecule has 3 rings (SSSR count). The Morgan fingerprint density at radius 3 is 2.53 bits per heavy atom. The lowest BCUT2D eigenvalue weighted by Crippen LogP contribution is -2.28. The zero-order valence-corrected chi connectivity index (χ0v) is 11.2. The number of rotatable bonds is 3. The zero-order chi connectivity index (χ0) is 13.4. The number of hydrogen-bond acceptors (Lipinski definition) is 5. The van der Waals surface area contributed by atoms with Gasteiger partial charge in [0, 0.05) is 38.9 Å². The van der Waals surface area contributed by atoms with E-state index >= 15 is 0 Å². The molecule has 2 aliphatic rings. The van der Waals surface area contributed by atoms with Gasteiger partial charge in [0.15, 0.2) is 0 Å². The second kappa shape index (κ2) is 5.00.